The van der Waals surface area contributed by atoms with Crippen LogP contribution in [0.15, 0.2) is 6.20 Å². The zero-order valence-corrected chi connectivity index (χ0v) is 10.6. The third kappa shape index (κ3) is 4.73. The molecule has 16 heavy (non-hydrogen) atoms. The number of nitrogens with one attached hydrogen (secondary N) is 2. The van der Waals surface area contributed by atoms with Crippen molar-refractivity contribution in [1.82, 2.24) is 19.8 Å². The van der Waals surface area contributed by atoms with Crippen molar-refractivity contribution in [3.8, 4) is 0 Å². The lowest BCUT2D eigenvalue weighted by atomic mass is 10.2. The van der Waals surface area contributed by atoms with E-state index < -0.39 is 10.0 Å². The highest BCUT2D eigenvalue weighted by atomic mass is 32.2. The van der Waals surface area contributed by atoms with Crippen LogP contribution in [0.3, 0.4) is 0 Å². The van der Waals surface area contributed by atoms with E-state index in [4.69, 9.17) is 0 Å². The average Bonchev–Trinajstić information content (AvgIpc) is 2.42. The molecule has 0 unspecified atom stereocenters. The molecule has 0 atom stereocenters. The summed E-state index contributed by atoms with van der Waals surface area (Å²) in [5.74, 6) is 0. The summed E-state index contributed by atoms with van der Waals surface area (Å²) in [5, 5.41) is 7.36. The molecule has 0 saturated carbocycles. The molecule has 0 spiro atoms. The van der Waals surface area contributed by atoms with Crippen molar-refractivity contribution in [1.29, 1.82) is 0 Å². The SMILES string of the molecule is Cc1nn(C)cc1CNCCNS(C)(=O)=O. The van der Waals surface area contributed by atoms with Crippen molar-refractivity contribution in [2.45, 2.75) is 13.5 Å². The van der Waals surface area contributed by atoms with E-state index in [1.54, 1.807) is 4.68 Å². The lowest BCUT2D eigenvalue weighted by Gasteiger charge is -2.04. The van der Waals surface area contributed by atoms with Crippen LogP contribution in [-0.2, 0) is 23.6 Å². The van der Waals surface area contributed by atoms with E-state index in [0.29, 0.717) is 19.6 Å². The molecule has 1 aromatic rings. The first-order chi connectivity index (χ1) is 7.38. The van der Waals surface area contributed by atoms with Gasteiger partial charge in [0.15, 0.2) is 0 Å². The molecule has 7 heteroatoms. The van der Waals surface area contributed by atoms with Gasteiger partial charge in [-0.05, 0) is 6.92 Å². The molecular formula is C9H18N4O2S. The van der Waals surface area contributed by atoms with Crippen LogP contribution in [0.5, 0.6) is 0 Å². The van der Waals surface area contributed by atoms with Crippen LogP contribution in [0.25, 0.3) is 0 Å². The molecule has 0 saturated heterocycles. The van der Waals surface area contributed by atoms with Crippen molar-refractivity contribution in [2.75, 3.05) is 19.3 Å². The molecule has 0 aliphatic rings. The van der Waals surface area contributed by atoms with Crippen LogP contribution in [-0.4, -0.2) is 37.5 Å². The Balaban J connectivity index is 2.24. The van der Waals surface area contributed by atoms with Crippen molar-refractivity contribution in [3.05, 3.63) is 17.5 Å². The van der Waals surface area contributed by atoms with Gasteiger partial charge in [-0.1, -0.05) is 0 Å². The Bertz CT molecular complexity index is 438. The van der Waals surface area contributed by atoms with Crippen LogP contribution in [0.1, 0.15) is 11.3 Å². The van der Waals surface area contributed by atoms with Crippen LogP contribution >= 0.6 is 0 Å². The van der Waals surface area contributed by atoms with E-state index in [1.165, 1.54) is 0 Å². The first-order valence-electron chi connectivity index (χ1n) is 5.03. The molecule has 6 nitrogen and oxygen atoms in total. The summed E-state index contributed by atoms with van der Waals surface area (Å²) in [4.78, 5) is 0. The Morgan fingerprint density at radius 2 is 2.12 bits per heavy atom. The second kappa shape index (κ2) is 5.42. The fourth-order valence-corrected chi connectivity index (χ4v) is 1.84. The van der Waals surface area contributed by atoms with E-state index >= 15 is 0 Å². The first kappa shape index (κ1) is 13.1. The Hall–Kier alpha value is -0.920. The van der Waals surface area contributed by atoms with Crippen LogP contribution in [0.2, 0.25) is 0 Å². The second-order valence-corrected chi connectivity index (χ2v) is 5.59. The molecule has 1 aromatic heterocycles. The molecule has 0 aliphatic heterocycles. The van der Waals surface area contributed by atoms with Gasteiger partial charge in [-0.3, -0.25) is 4.68 Å². The van der Waals surface area contributed by atoms with Crippen molar-refractivity contribution < 1.29 is 8.42 Å². The highest BCUT2D eigenvalue weighted by molar-refractivity contribution is 7.88. The van der Waals surface area contributed by atoms with Gasteiger partial charge >= 0.3 is 0 Å². The minimum atomic E-state index is -3.08. The largest absolute Gasteiger partial charge is 0.311 e. The molecule has 1 rings (SSSR count). The van der Waals surface area contributed by atoms with Crippen LogP contribution in [0, 0.1) is 6.92 Å². The van der Waals surface area contributed by atoms with E-state index in [1.807, 2.05) is 20.2 Å². The molecule has 1 heterocycles. The lowest BCUT2D eigenvalue weighted by molar-refractivity contribution is 0.581. The number of rotatable bonds is 6. The predicted octanol–water partition coefficient (Wildman–Crippen LogP) is -0.633. The van der Waals surface area contributed by atoms with Crippen LogP contribution in [0.4, 0.5) is 0 Å². The van der Waals surface area contributed by atoms with Gasteiger partial charge in [-0.15, -0.1) is 0 Å². The maximum atomic E-state index is 10.8. The van der Waals surface area contributed by atoms with Gasteiger partial charge in [0.2, 0.25) is 10.0 Å². The summed E-state index contributed by atoms with van der Waals surface area (Å²) in [6, 6.07) is 0. The summed E-state index contributed by atoms with van der Waals surface area (Å²) in [6.45, 7) is 3.65. The molecule has 0 amide bonds. The zero-order valence-electron chi connectivity index (χ0n) is 9.82. The summed E-state index contributed by atoms with van der Waals surface area (Å²) < 4.78 is 25.7. The molecule has 0 bridgehead atoms. The van der Waals surface area contributed by atoms with E-state index in [0.717, 1.165) is 17.5 Å². The number of sulfonamides is 1. The van der Waals surface area contributed by atoms with Gasteiger partial charge in [0, 0.05) is 38.4 Å². The fourth-order valence-electron chi connectivity index (χ4n) is 1.37. The smallest absolute Gasteiger partial charge is 0.208 e. The second-order valence-electron chi connectivity index (χ2n) is 3.76. The van der Waals surface area contributed by atoms with Crippen molar-refractivity contribution in [2.24, 2.45) is 7.05 Å². The van der Waals surface area contributed by atoms with Gasteiger partial charge in [-0.25, -0.2) is 13.1 Å². The predicted molar refractivity (Wildman–Crippen MR) is 62.5 cm³/mol. The third-order valence-corrected chi connectivity index (χ3v) is 2.83. The minimum absolute atomic E-state index is 0.401. The summed E-state index contributed by atoms with van der Waals surface area (Å²) >= 11 is 0. The van der Waals surface area contributed by atoms with E-state index in [-0.39, 0.29) is 0 Å². The van der Waals surface area contributed by atoms with Crippen molar-refractivity contribution in [3.63, 3.8) is 0 Å². The number of aryl methyl sites for hydroxylation is 2. The third-order valence-electron chi connectivity index (χ3n) is 2.10. The standard InChI is InChI=1S/C9H18N4O2S/c1-8-9(7-13(2)12-8)6-10-4-5-11-16(3,14)15/h7,10-11H,4-6H2,1-3H3. The molecular weight excluding hydrogens is 228 g/mol. The Labute approximate surface area is 96.1 Å². The molecule has 0 radical (unpaired) electrons. The molecule has 0 aromatic carbocycles. The van der Waals surface area contributed by atoms with E-state index in [2.05, 4.69) is 15.1 Å². The molecule has 2 N–H and O–H groups in total. The maximum Gasteiger partial charge on any atom is 0.208 e. The van der Waals surface area contributed by atoms with Gasteiger partial charge in [-0.2, -0.15) is 5.10 Å². The minimum Gasteiger partial charge on any atom is -0.311 e. The molecule has 92 valence electrons. The number of hydrogen-bond acceptors (Lipinski definition) is 4. The Kier molecular flexibility index (Phi) is 4.45. The maximum absolute atomic E-state index is 10.8. The number of aromatic nitrogens is 2. The Morgan fingerprint density at radius 3 is 2.62 bits per heavy atom. The van der Waals surface area contributed by atoms with Gasteiger partial charge in [0.1, 0.15) is 0 Å². The fraction of sp³-hybridized carbons (Fsp3) is 0.667. The molecule has 0 aliphatic carbocycles. The summed E-state index contributed by atoms with van der Waals surface area (Å²) in [5.41, 5.74) is 2.12. The molecule has 0 fully saturated rings. The highest BCUT2D eigenvalue weighted by Gasteiger charge is 2.02. The average molecular weight is 246 g/mol. The Morgan fingerprint density at radius 1 is 1.44 bits per heavy atom. The number of nitrogens with zero attached hydrogens (tertiary/aromatic N) is 2. The normalized spacial score (nSPS) is 11.9. The monoisotopic (exact) mass is 246 g/mol. The highest BCUT2D eigenvalue weighted by Crippen LogP contribution is 2.02. The lowest BCUT2D eigenvalue weighted by Crippen LogP contribution is -2.30. The van der Waals surface area contributed by atoms with E-state index in [9.17, 15) is 8.42 Å². The van der Waals surface area contributed by atoms with Gasteiger partial charge in [0.25, 0.3) is 0 Å². The first-order valence-corrected chi connectivity index (χ1v) is 6.92. The quantitative estimate of drug-likeness (QED) is 0.655. The van der Waals surface area contributed by atoms with Crippen LogP contribution < -0.4 is 10.0 Å². The number of hydrogen-bond donors (Lipinski definition) is 2. The zero-order chi connectivity index (χ0) is 12.2. The summed E-state index contributed by atoms with van der Waals surface area (Å²) in [6.07, 6.45) is 3.10. The van der Waals surface area contributed by atoms with Crippen molar-refractivity contribution >= 4 is 10.0 Å². The summed E-state index contributed by atoms with van der Waals surface area (Å²) in [7, 11) is -1.20. The van der Waals surface area contributed by atoms with Gasteiger partial charge < -0.3 is 5.32 Å². The topological polar surface area (TPSA) is 76.0 Å². The van der Waals surface area contributed by atoms with Gasteiger partial charge in [0.05, 0.1) is 11.9 Å².